The van der Waals surface area contributed by atoms with Gasteiger partial charge in [-0.05, 0) is 0 Å². The fourth-order valence-corrected chi connectivity index (χ4v) is 0.342. The van der Waals surface area contributed by atoms with Crippen molar-refractivity contribution in [1.29, 1.82) is 0 Å². The molecule has 0 aromatic heterocycles. The fraction of sp³-hybridized carbons (Fsp3) is 0.111. The molecule has 1 heteroatoms. The Morgan fingerprint density at radius 3 is 1.50 bits per heavy atom. The van der Waals surface area contributed by atoms with Crippen LogP contribution in [0.25, 0.3) is 0 Å². The van der Waals surface area contributed by atoms with Crippen LogP contribution in [-0.4, -0.2) is 0 Å². The maximum Gasteiger partial charge on any atom is 0 e. The van der Waals surface area contributed by atoms with Gasteiger partial charge in [0.1, 0.15) is 0 Å². The molecule has 0 saturated heterocycles. The maximum atomic E-state index is 3.38. The molecule has 0 aliphatic rings. The largest absolute Gasteiger partial charge is 0.372 e. The summed E-state index contributed by atoms with van der Waals surface area (Å²) in [6.45, 7) is 6.75. The average Bonchev–Trinajstić information content (AvgIpc) is 1.93. The summed E-state index contributed by atoms with van der Waals surface area (Å²) < 4.78 is 0. The molecule has 0 nitrogen and oxygen atoms in total. The van der Waals surface area contributed by atoms with Crippen molar-refractivity contribution < 1.29 is 21.1 Å². The van der Waals surface area contributed by atoms with E-state index in [9.17, 15) is 0 Å². The third-order valence-corrected chi connectivity index (χ3v) is 0.607. The average molecular weight is 314 g/mol. The van der Waals surface area contributed by atoms with Crippen LogP contribution in [0.2, 0.25) is 0 Å². The molecule has 0 bridgehead atoms. The van der Waals surface area contributed by atoms with Crippen molar-refractivity contribution in [3.8, 4) is 0 Å². The topological polar surface area (TPSA) is 0 Å². The van der Waals surface area contributed by atoms with Gasteiger partial charge in [-0.15, -0.1) is 0 Å². The van der Waals surface area contributed by atoms with E-state index >= 15 is 0 Å². The molecule has 0 atom stereocenters. The molecule has 0 fully saturated rings. The molecule has 0 heterocycles. The van der Waals surface area contributed by atoms with Crippen LogP contribution in [-0.2, 0) is 21.1 Å². The molecule has 0 radical (unpaired) electrons. The van der Waals surface area contributed by atoms with Crippen LogP contribution in [0.3, 0.4) is 0 Å². The molecule has 0 aliphatic carbocycles. The first kappa shape index (κ1) is 12.6. The summed E-state index contributed by atoms with van der Waals surface area (Å²) in [6.07, 6.45) is 0.750. The van der Waals surface area contributed by atoms with E-state index in [0.717, 1.165) is 6.42 Å². The molecular weight excluding hydrogens is 303 g/mol. The van der Waals surface area contributed by atoms with Gasteiger partial charge in [0.2, 0.25) is 0 Å². The predicted molar refractivity (Wildman–Crippen MR) is 40.6 cm³/mol. The van der Waals surface area contributed by atoms with Crippen molar-refractivity contribution in [2.75, 3.05) is 0 Å². The Kier molecular flexibility index (Phi) is 14.7. The Morgan fingerprint density at radius 1 is 1.00 bits per heavy atom. The smallest absolute Gasteiger partial charge is 0 e. The molecule has 0 saturated carbocycles. The molecule has 0 spiro atoms. The fourth-order valence-electron chi connectivity index (χ4n) is 0.342. The van der Waals surface area contributed by atoms with Crippen molar-refractivity contribution in [2.24, 2.45) is 0 Å². The van der Waals surface area contributed by atoms with Gasteiger partial charge in [-0.25, -0.2) is 0 Å². The van der Waals surface area contributed by atoms with Crippen LogP contribution in [0.15, 0.2) is 30.3 Å². The Balaban J connectivity index is 0. The van der Waals surface area contributed by atoms with E-state index in [4.69, 9.17) is 0 Å². The van der Waals surface area contributed by atoms with Gasteiger partial charge in [0.05, 0.1) is 0 Å². The molecule has 0 aliphatic heterocycles. The van der Waals surface area contributed by atoms with E-state index in [1.165, 1.54) is 0 Å². The van der Waals surface area contributed by atoms with Gasteiger partial charge in [-0.2, -0.15) is 36.4 Å². The van der Waals surface area contributed by atoms with Crippen LogP contribution in [0.4, 0.5) is 0 Å². The van der Waals surface area contributed by atoms with E-state index in [-0.39, 0.29) is 21.1 Å². The van der Waals surface area contributed by atoms with Crippen molar-refractivity contribution >= 4 is 0 Å². The monoisotopic (exact) mass is 314 g/mol. The Hall–Kier alpha value is -0.0917. The number of hydrogen-bond acceptors (Lipinski definition) is 0. The molecule has 0 amide bonds. The van der Waals surface area contributed by atoms with E-state index in [1.54, 1.807) is 0 Å². The molecule has 0 N–H and O–H groups in total. The summed E-state index contributed by atoms with van der Waals surface area (Å²) in [4.78, 5) is 0. The standard InChI is InChI=1S/C6H5.C3H6.Pt/c1-2-4-6-5-3-1;1-3-2;/h1-5H;1-3H2;/q-1;-2;. The minimum absolute atomic E-state index is 0. The first-order valence-corrected chi connectivity index (χ1v) is 2.91. The summed E-state index contributed by atoms with van der Waals surface area (Å²) in [5, 5.41) is 0. The SMILES string of the molecule is [CH2-]C[CH2-].[Pt].[c-]1ccccc1. The Bertz CT molecular complexity index is 87.6. The minimum Gasteiger partial charge on any atom is -0.372 e. The number of hydrogen-bond donors (Lipinski definition) is 0. The summed E-state index contributed by atoms with van der Waals surface area (Å²) >= 11 is 0. The third-order valence-electron chi connectivity index (χ3n) is 0.607. The zero-order valence-corrected chi connectivity index (χ0v) is 8.10. The maximum absolute atomic E-state index is 3.38. The second kappa shape index (κ2) is 11.7. The van der Waals surface area contributed by atoms with E-state index < -0.39 is 0 Å². The first-order valence-electron chi connectivity index (χ1n) is 2.91. The number of rotatable bonds is 0. The molecule has 1 rings (SSSR count). The van der Waals surface area contributed by atoms with Crippen molar-refractivity contribution in [3.63, 3.8) is 0 Å². The van der Waals surface area contributed by atoms with Crippen LogP contribution >= 0.6 is 0 Å². The minimum atomic E-state index is 0. The summed E-state index contributed by atoms with van der Waals surface area (Å²) in [5.41, 5.74) is 0. The van der Waals surface area contributed by atoms with Crippen LogP contribution in [0, 0.1) is 19.9 Å². The van der Waals surface area contributed by atoms with Crippen molar-refractivity contribution in [1.82, 2.24) is 0 Å². The van der Waals surface area contributed by atoms with E-state index in [0.29, 0.717) is 0 Å². The summed E-state index contributed by atoms with van der Waals surface area (Å²) in [5.74, 6) is 0. The summed E-state index contributed by atoms with van der Waals surface area (Å²) in [7, 11) is 0. The van der Waals surface area contributed by atoms with Crippen LogP contribution < -0.4 is 0 Å². The predicted octanol–water partition coefficient (Wildman–Crippen LogP) is 2.53. The van der Waals surface area contributed by atoms with Crippen molar-refractivity contribution in [2.45, 2.75) is 6.42 Å². The van der Waals surface area contributed by atoms with Gasteiger partial charge in [0.15, 0.2) is 0 Å². The second-order valence-corrected chi connectivity index (χ2v) is 1.43. The zero-order valence-electron chi connectivity index (χ0n) is 5.82. The molecule has 1 aromatic rings. The quantitative estimate of drug-likeness (QED) is 0.646. The van der Waals surface area contributed by atoms with E-state index in [1.807, 2.05) is 30.3 Å². The second-order valence-electron chi connectivity index (χ2n) is 1.43. The van der Waals surface area contributed by atoms with Gasteiger partial charge >= 0.3 is 0 Å². The Labute approximate surface area is 77.9 Å². The van der Waals surface area contributed by atoms with Gasteiger partial charge in [-0.1, -0.05) is 0 Å². The van der Waals surface area contributed by atoms with Crippen LogP contribution in [0.1, 0.15) is 6.42 Å². The normalized spacial score (nSPS) is 6.60. The number of benzene rings is 1. The molecule has 10 heavy (non-hydrogen) atoms. The van der Waals surface area contributed by atoms with Gasteiger partial charge < -0.3 is 20.3 Å². The van der Waals surface area contributed by atoms with Crippen LogP contribution in [0.5, 0.6) is 0 Å². The molecular formula is C9H11Pt-3. The van der Waals surface area contributed by atoms with E-state index in [2.05, 4.69) is 19.9 Å². The van der Waals surface area contributed by atoms with Gasteiger partial charge in [-0.3, -0.25) is 0 Å². The molecule has 60 valence electrons. The zero-order chi connectivity index (χ0) is 6.95. The van der Waals surface area contributed by atoms with Crippen molar-refractivity contribution in [3.05, 3.63) is 50.2 Å². The summed E-state index contributed by atoms with van der Waals surface area (Å²) in [6, 6.07) is 12.5. The third kappa shape index (κ3) is 10.8. The Morgan fingerprint density at radius 2 is 1.40 bits per heavy atom. The molecule has 0 unspecified atom stereocenters. The van der Waals surface area contributed by atoms with Gasteiger partial charge in [0, 0.05) is 21.1 Å². The molecule has 1 aromatic carbocycles. The van der Waals surface area contributed by atoms with Gasteiger partial charge in [0.25, 0.3) is 0 Å². The first-order chi connectivity index (χ1) is 4.41.